The molecule has 26 heavy (non-hydrogen) atoms. The van der Waals surface area contributed by atoms with Crippen molar-refractivity contribution in [1.29, 1.82) is 0 Å². The van der Waals surface area contributed by atoms with Gasteiger partial charge in [0.1, 0.15) is 12.2 Å². The fourth-order valence-electron chi connectivity index (χ4n) is 2.81. The Morgan fingerprint density at radius 2 is 1.77 bits per heavy atom. The molecule has 134 valence electrons. The first-order chi connectivity index (χ1) is 12.2. The molecule has 0 aliphatic heterocycles. The number of hydrogen-bond acceptors (Lipinski definition) is 5. The first-order valence-corrected chi connectivity index (χ1v) is 8.47. The van der Waals surface area contributed by atoms with Gasteiger partial charge in [0.25, 0.3) is 5.56 Å². The van der Waals surface area contributed by atoms with E-state index in [2.05, 4.69) is 26.9 Å². The van der Waals surface area contributed by atoms with E-state index in [9.17, 15) is 9.90 Å². The molecule has 6 heteroatoms. The zero-order valence-electron chi connectivity index (χ0n) is 15.3. The van der Waals surface area contributed by atoms with E-state index in [1.54, 1.807) is 20.8 Å². The predicted octanol–water partition coefficient (Wildman–Crippen LogP) is 2.91. The third kappa shape index (κ3) is 3.86. The summed E-state index contributed by atoms with van der Waals surface area (Å²) in [6.07, 6.45) is 1.49. The number of nitrogens with one attached hydrogen (secondary N) is 1. The van der Waals surface area contributed by atoms with Gasteiger partial charge in [-0.1, -0.05) is 31.2 Å². The monoisotopic (exact) mass is 350 g/mol. The van der Waals surface area contributed by atoms with Crippen LogP contribution < -0.4 is 5.56 Å². The summed E-state index contributed by atoms with van der Waals surface area (Å²) in [5.41, 5.74) is 2.85. The van der Waals surface area contributed by atoms with E-state index in [4.69, 9.17) is 0 Å². The van der Waals surface area contributed by atoms with Crippen molar-refractivity contribution in [2.45, 2.75) is 39.2 Å². The molecule has 0 radical (unpaired) electrons. The van der Waals surface area contributed by atoms with E-state index in [1.807, 2.05) is 30.3 Å². The Kier molecular flexibility index (Phi) is 4.70. The number of hydrogen-bond donors (Lipinski definition) is 2. The first-order valence-electron chi connectivity index (χ1n) is 8.47. The average molecular weight is 350 g/mol. The minimum absolute atomic E-state index is 0.0377. The van der Waals surface area contributed by atoms with E-state index in [0.29, 0.717) is 17.2 Å². The number of nitrogens with zero attached hydrogens (tertiary/aromatic N) is 3. The van der Waals surface area contributed by atoms with E-state index in [1.165, 1.54) is 12.4 Å². The van der Waals surface area contributed by atoms with Gasteiger partial charge in [0.15, 0.2) is 0 Å². The fraction of sp³-hybridized carbons (Fsp3) is 0.300. The van der Waals surface area contributed by atoms with E-state index in [-0.39, 0.29) is 11.5 Å². The molecule has 6 nitrogen and oxygen atoms in total. The Morgan fingerprint density at radius 3 is 2.38 bits per heavy atom. The smallest absolute Gasteiger partial charge is 0.251 e. The second kappa shape index (κ2) is 6.80. The molecule has 3 rings (SSSR count). The van der Waals surface area contributed by atoms with Crippen LogP contribution in [0.5, 0.6) is 0 Å². The van der Waals surface area contributed by atoms with Crippen LogP contribution in [-0.4, -0.2) is 25.0 Å². The summed E-state index contributed by atoms with van der Waals surface area (Å²) in [7, 11) is 0. The Labute approximate surface area is 152 Å². The van der Waals surface area contributed by atoms with Crippen molar-refractivity contribution in [2.75, 3.05) is 0 Å². The molecular weight excluding hydrogens is 328 g/mol. The molecule has 2 aromatic heterocycles. The summed E-state index contributed by atoms with van der Waals surface area (Å²) < 4.78 is 0. The SMILES string of the molecule is Cc1nc(-c2cc(C(C)c3ccc(C(C)(C)O)cc3)ncn2)cc(=O)[nH]1. The summed E-state index contributed by atoms with van der Waals surface area (Å²) >= 11 is 0. The summed E-state index contributed by atoms with van der Waals surface area (Å²) in [6.45, 7) is 7.32. The minimum Gasteiger partial charge on any atom is -0.386 e. The van der Waals surface area contributed by atoms with Crippen LogP contribution in [0.3, 0.4) is 0 Å². The number of aliphatic hydroxyl groups is 1. The fourth-order valence-corrected chi connectivity index (χ4v) is 2.81. The Bertz CT molecular complexity index is 972. The third-order valence-electron chi connectivity index (χ3n) is 4.37. The Morgan fingerprint density at radius 1 is 1.08 bits per heavy atom. The second-order valence-electron chi connectivity index (χ2n) is 6.95. The van der Waals surface area contributed by atoms with Crippen molar-refractivity contribution in [2.24, 2.45) is 0 Å². The lowest BCUT2D eigenvalue weighted by Crippen LogP contribution is -2.15. The van der Waals surface area contributed by atoms with E-state index < -0.39 is 5.60 Å². The number of benzene rings is 1. The van der Waals surface area contributed by atoms with Crippen LogP contribution in [0.2, 0.25) is 0 Å². The number of aryl methyl sites for hydroxylation is 1. The van der Waals surface area contributed by atoms with Crippen LogP contribution in [0.25, 0.3) is 11.4 Å². The average Bonchev–Trinajstić information content (AvgIpc) is 2.60. The lowest BCUT2D eigenvalue weighted by atomic mass is 9.92. The van der Waals surface area contributed by atoms with Crippen molar-refractivity contribution in [3.8, 4) is 11.4 Å². The van der Waals surface area contributed by atoms with Gasteiger partial charge in [-0.05, 0) is 38.0 Å². The molecule has 3 aromatic rings. The molecule has 0 amide bonds. The maximum Gasteiger partial charge on any atom is 0.251 e. The summed E-state index contributed by atoms with van der Waals surface area (Å²) in [6, 6.07) is 11.1. The van der Waals surface area contributed by atoms with Crippen molar-refractivity contribution in [3.05, 3.63) is 75.7 Å². The van der Waals surface area contributed by atoms with Gasteiger partial charge in [0, 0.05) is 12.0 Å². The number of H-pyrrole nitrogens is 1. The van der Waals surface area contributed by atoms with Crippen LogP contribution in [0.4, 0.5) is 0 Å². The Hall–Kier alpha value is -2.86. The van der Waals surface area contributed by atoms with Crippen molar-refractivity contribution in [1.82, 2.24) is 19.9 Å². The number of aromatic amines is 1. The highest BCUT2D eigenvalue weighted by Crippen LogP contribution is 2.27. The molecule has 0 spiro atoms. The maximum atomic E-state index is 11.7. The molecule has 1 aromatic carbocycles. The normalized spacial score (nSPS) is 12.8. The van der Waals surface area contributed by atoms with Gasteiger partial charge < -0.3 is 10.1 Å². The zero-order chi connectivity index (χ0) is 18.9. The van der Waals surface area contributed by atoms with Crippen LogP contribution in [0.1, 0.15) is 49.3 Å². The molecule has 0 aliphatic rings. The highest BCUT2D eigenvalue weighted by Gasteiger charge is 2.17. The maximum absolute atomic E-state index is 11.7. The van der Waals surface area contributed by atoms with Gasteiger partial charge in [0.2, 0.25) is 0 Å². The molecule has 2 heterocycles. The third-order valence-corrected chi connectivity index (χ3v) is 4.37. The number of rotatable bonds is 4. The molecule has 0 bridgehead atoms. The van der Waals surface area contributed by atoms with Crippen molar-refractivity contribution in [3.63, 3.8) is 0 Å². The van der Waals surface area contributed by atoms with Gasteiger partial charge in [-0.15, -0.1) is 0 Å². The largest absolute Gasteiger partial charge is 0.386 e. The van der Waals surface area contributed by atoms with Crippen molar-refractivity contribution < 1.29 is 5.11 Å². The quantitative estimate of drug-likeness (QED) is 0.755. The predicted molar refractivity (Wildman–Crippen MR) is 99.8 cm³/mol. The van der Waals surface area contributed by atoms with Crippen molar-refractivity contribution >= 4 is 0 Å². The Balaban J connectivity index is 1.93. The van der Waals surface area contributed by atoms with Crippen LogP contribution >= 0.6 is 0 Å². The van der Waals surface area contributed by atoms with Gasteiger partial charge in [-0.3, -0.25) is 4.79 Å². The van der Waals surface area contributed by atoms with Gasteiger partial charge >= 0.3 is 0 Å². The van der Waals surface area contributed by atoms with E-state index >= 15 is 0 Å². The summed E-state index contributed by atoms with van der Waals surface area (Å²) in [5.74, 6) is 0.582. The minimum atomic E-state index is -0.867. The zero-order valence-corrected chi connectivity index (χ0v) is 15.3. The molecular formula is C20H22N4O2. The van der Waals surface area contributed by atoms with Gasteiger partial charge in [-0.25, -0.2) is 15.0 Å². The standard InChI is InChI=1S/C20H22N4O2/c1-12(14-5-7-15(8-6-14)20(3,4)26)16-9-17(22-11-21-16)18-10-19(25)24-13(2)23-18/h5-12,26H,1-4H3,(H,23,24,25). The molecule has 1 atom stereocenters. The molecule has 2 N–H and O–H groups in total. The molecule has 0 saturated carbocycles. The topological polar surface area (TPSA) is 91.8 Å². The number of aromatic nitrogens is 4. The molecule has 0 fully saturated rings. The lowest BCUT2D eigenvalue weighted by Gasteiger charge is -2.19. The molecule has 1 unspecified atom stereocenters. The lowest BCUT2D eigenvalue weighted by molar-refractivity contribution is 0.0786. The second-order valence-corrected chi connectivity index (χ2v) is 6.95. The highest BCUT2D eigenvalue weighted by molar-refractivity contribution is 5.54. The molecule has 0 aliphatic carbocycles. The summed E-state index contributed by atoms with van der Waals surface area (Å²) in [4.78, 5) is 27.3. The van der Waals surface area contributed by atoms with Crippen LogP contribution in [0.15, 0.2) is 47.5 Å². The van der Waals surface area contributed by atoms with E-state index in [0.717, 1.165) is 16.8 Å². The summed E-state index contributed by atoms with van der Waals surface area (Å²) in [5, 5.41) is 10.1. The molecule has 0 saturated heterocycles. The highest BCUT2D eigenvalue weighted by atomic mass is 16.3. The van der Waals surface area contributed by atoms with Gasteiger partial charge in [0.05, 0.1) is 22.7 Å². The van der Waals surface area contributed by atoms with Crippen LogP contribution in [-0.2, 0) is 5.60 Å². The van der Waals surface area contributed by atoms with Gasteiger partial charge in [-0.2, -0.15) is 0 Å². The van der Waals surface area contributed by atoms with Crippen LogP contribution in [0, 0.1) is 6.92 Å². The first kappa shape index (κ1) is 17.9.